The van der Waals surface area contributed by atoms with Gasteiger partial charge in [0.25, 0.3) is 0 Å². The normalized spacial score (nSPS) is 34.1. The molecule has 7 nitrogen and oxygen atoms in total. The molecule has 3 unspecified atom stereocenters. The van der Waals surface area contributed by atoms with Crippen LogP contribution < -0.4 is 0 Å². The minimum Gasteiger partial charge on any atom is -0.365 e. The number of rotatable bonds is 2. The molecule has 0 aromatic rings. The topological polar surface area (TPSA) is 124 Å². The summed E-state index contributed by atoms with van der Waals surface area (Å²) in [7, 11) is -9.21. The smallest absolute Gasteiger partial charge is 0.355 e. The SMILES string of the molecule is CC1CCOC(P(=O)(O)O)C1P(=O)(O)O. The Morgan fingerprint density at radius 1 is 1.13 bits per heavy atom. The largest absolute Gasteiger partial charge is 0.365 e. The monoisotopic (exact) mass is 260 g/mol. The lowest BCUT2D eigenvalue weighted by molar-refractivity contribution is 0.0246. The van der Waals surface area contributed by atoms with Crippen molar-refractivity contribution in [2.45, 2.75) is 24.8 Å². The summed E-state index contributed by atoms with van der Waals surface area (Å²) in [5, 5.41) is 0. The van der Waals surface area contributed by atoms with Crippen LogP contribution in [0.4, 0.5) is 0 Å². The third-order valence-corrected chi connectivity index (χ3v) is 5.38. The molecular formula is C6H14O7P2. The lowest BCUT2D eigenvalue weighted by atomic mass is 10.0. The van der Waals surface area contributed by atoms with Gasteiger partial charge in [-0.15, -0.1) is 0 Å². The fourth-order valence-corrected chi connectivity index (χ4v) is 4.98. The molecule has 1 aliphatic heterocycles. The maximum absolute atomic E-state index is 11.1. The molecule has 0 aromatic heterocycles. The Kier molecular flexibility index (Phi) is 3.78. The Morgan fingerprint density at radius 2 is 1.67 bits per heavy atom. The summed E-state index contributed by atoms with van der Waals surface area (Å²) in [5.74, 6) is -2.17. The van der Waals surface area contributed by atoms with E-state index >= 15 is 0 Å². The van der Waals surface area contributed by atoms with Crippen LogP contribution in [0.3, 0.4) is 0 Å². The highest BCUT2D eigenvalue weighted by Crippen LogP contribution is 2.58. The molecular weight excluding hydrogens is 246 g/mol. The number of ether oxygens (including phenoxy) is 1. The van der Waals surface area contributed by atoms with Gasteiger partial charge in [-0.3, -0.25) is 9.13 Å². The van der Waals surface area contributed by atoms with Gasteiger partial charge in [-0.05, 0) is 12.3 Å². The standard InChI is InChI=1S/C6H14O7P2/c1-4-2-3-13-6(15(10,11)12)5(4)14(7,8)9/h4-6H,2-3H2,1H3,(H2,7,8,9)(H2,10,11,12). The zero-order chi connectivity index (χ0) is 11.9. The van der Waals surface area contributed by atoms with Crippen molar-refractivity contribution >= 4 is 15.2 Å². The van der Waals surface area contributed by atoms with Crippen molar-refractivity contribution in [1.29, 1.82) is 0 Å². The molecule has 0 radical (unpaired) electrons. The van der Waals surface area contributed by atoms with E-state index in [1.54, 1.807) is 6.92 Å². The maximum atomic E-state index is 11.1. The van der Waals surface area contributed by atoms with Gasteiger partial charge in [-0.25, -0.2) is 0 Å². The first-order valence-corrected chi connectivity index (χ1v) is 7.72. The Hall–Kier alpha value is 0.260. The molecule has 0 bridgehead atoms. The molecule has 0 amide bonds. The molecule has 15 heavy (non-hydrogen) atoms. The van der Waals surface area contributed by atoms with Gasteiger partial charge in [-0.1, -0.05) is 6.92 Å². The second-order valence-electron chi connectivity index (χ2n) is 3.70. The molecule has 90 valence electrons. The zero-order valence-corrected chi connectivity index (χ0v) is 9.84. The first kappa shape index (κ1) is 13.3. The van der Waals surface area contributed by atoms with Crippen molar-refractivity contribution in [3.05, 3.63) is 0 Å². The van der Waals surface area contributed by atoms with E-state index in [-0.39, 0.29) is 6.61 Å². The van der Waals surface area contributed by atoms with Crippen LogP contribution in [0.1, 0.15) is 13.3 Å². The van der Waals surface area contributed by atoms with Crippen LogP contribution in [0.25, 0.3) is 0 Å². The predicted octanol–water partition coefficient (Wildman–Crippen LogP) is 0.0929. The predicted molar refractivity (Wildman–Crippen MR) is 51.4 cm³/mol. The highest BCUT2D eigenvalue weighted by molar-refractivity contribution is 7.57. The Bertz CT molecular complexity index is 317. The molecule has 4 N–H and O–H groups in total. The van der Waals surface area contributed by atoms with Gasteiger partial charge in [0.2, 0.25) is 0 Å². The van der Waals surface area contributed by atoms with Crippen LogP contribution in [0.2, 0.25) is 0 Å². The first-order valence-electron chi connectivity index (χ1n) is 4.36. The molecule has 1 saturated heterocycles. The van der Waals surface area contributed by atoms with Gasteiger partial charge in [0.05, 0.1) is 0 Å². The minimum atomic E-state index is -4.65. The van der Waals surface area contributed by atoms with Crippen LogP contribution in [-0.4, -0.2) is 37.7 Å². The Labute approximate surface area is 86.8 Å². The van der Waals surface area contributed by atoms with Crippen LogP contribution in [0.5, 0.6) is 0 Å². The average Bonchev–Trinajstić information content (AvgIpc) is 1.99. The van der Waals surface area contributed by atoms with E-state index in [9.17, 15) is 9.13 Å². The molecule has 1 fully saturated rings. The van der Waals surface area contributed by atoms with Crippen molar-refractivity contribution in [3.63, 3.8) is 0 Å². The summed E-state index contributed by atoms with van der Waals surface area (Å²) >= 11 is 0. The van der Waals surface area contributed by atoms with Crippen LogP contribution in [0, 0.1) is 5.92 Å². The zero-order valence-electron chi connectivity index (χ0n) is 8.05. The second kappa shape index (κ2) is 4.26. The van der Waals surface area contributed by atoms with E-state index in [0.717, 1.165) is 0 Å². The van der Waals surface area contributed by atoms with Gasteiger partial charge in [0.15, 0.2) is 5.85 Å². The van der Waals surface area contributed by atoms with Gasteiger partial charge in [0, 0.05) is 6.61 Å². The van der Waals surface area contributed by atoms with E-state index in [0.29, 0.717) is 6.42 Å². The fraction of sp³-hybridized carbons (Fsp3) is 1.00. The van der Waals surface area contributed by atoms with Crippen molar-refractivity contribution < 1.29 is 33.4 Å². The quantitative estimate of drug-likeness (QED) is 0.518. The molecule has 9 heteroatoms. The van der Waals surface area contributed by atoms with E-state index in [1.807, 2.05) is 0 Å². The minimum absolute atomic E-state index is 0.105. The Morgan fingerprint density at radius 3 is 2.00 bits per heavy atom. The lowest BCUT2D eigenvalue weighted by Gasteiger charge is -2.36. The van der Waals surface area contributed by atoms with Gasteiger partial charge in [-0.2, -0.15) is 0 Å². The summed E-state index contributed by atoms with van der Waals surface area (Å²) in [6, 6.07) is 0. The third kappa shape index (κ3) is 3.11. The second-order valence-corrected chi connectivity index (χ2v) is 7.16. The summed E-state index contributed by atoms with van der Waals surface area (Å²) in [4.78, 5) is 35.9. The molecule has 1 rings (SSSR count). The summed E-state index contributed by atoms with van der Waals surface area (Å²) in [6.07, 6.45) is 0.381. The summed E-state index contributed by atoms with van der Waals surface area (Å²) in [5.41, 5.74) is -1.42. The maximum Gasteiger partial charge on any atom is 0.355 e. The molecule has 0 aliphatic carbocycles. The molecule has 1 heterocycles. The van der Waals surface area contributed by atoms with Gasteiger partial charge in [0.1, 0.15) is 5.66 Å². The van der Waals surface area contributed by atoms with Crippen LogP contribution in [0.15, 0.2) is 0 Å². The molecule has 0 aromatic carbocycles. The van der Waals surface area contributed by atoms with E-state index in [1.165, 1.54) is 0 Å². The van der Waals surface area contributed by atoms with E-state index in [2.05, 4.69) is 0 Å². The van der Waals surface area contributed by atoms with Crippen molar-refractivity contribution in [2.24, 2.45) is 5.92 Å². The molecule has 0 spiro atoms. The summed E-state index contributed by atoms with van der Waals surface area (Å²) < 4.78 is 26.9. The van der Waals surface area contributed by atoms with E-state index < -0.39 is 32.6 Å². The average molecular weight is 260 g/mol. The lowest BCUT2D eigenvalue weighted by Crippen LogP contribution is -2.39. The first-order chi connectivity index (χ1) is 6.64. The van der Waals surface area contributed by atoms with Gasteiger partial charge >= 0.3 is 15.2 Å². The van der Waals surface area contributed by atoms with Crippen molar-refractivity contribution in [1.82, 2.24) is 0 Å². The molecule has 1 aliphatic rings. The number of hydrogen-bond acceptors (Lipinski definition) is 3. The van der Waals surface area contributed by atoms with E-state index in [4.69, 9.17) is 24.3 Å². The highest BCUT2D eigenvalue weighted by atomic mass is 31.2. The van der Waals surface area contributed by atoms with Crippen molar-refractivity contribution in [2.75, 3.05) is 6.61 Å². The Balaban J connectivity index is 3.04. The van der Waals surface area contributed by atoms with Crippen LogP contribution in [-0.2, 0) is 13.9 Å². The summed E-state index contributed by atoms with van der Waals surface area (Å²) in [6.45, 7) is 1.66. The molecule has 3 atom stereocenters. The number of hydrogen-bond donors (Lipinski definition) is 4. The van der Waals surface area contributed by atoms with Gasteiger partial charge < -0.3 is 24.3 Å². The third-order valence-electron chi connectivity index (χ3n) is 2.46. The molecule has 0 saturated carbocycles. The van der Waals surface area contributed by atoms with Crippen LogP contribution >= 0.6 is 15.2 Å². The highest BCUT2D eigenvalue weighted by Gasteiger charge is 2.50. The fourth-order valence-electron chi connectivity index (χ4n) is 1.72. The van der Waals surface area contributed by atoms with Crippen molar-refractivity contribution in [3.8, 4) is 0 Å².